The van der Waals surface area contributed by atoms with E-state index in [1.54, 1.807) is 17.0 Å². The highest BCUT2D eigenvalue weighted by atomic mass is 79.9. The summed E-state index contributed by atoms with van der Waals surface area (Å²) >= 11 is 3.38. The lowest BCUT2D eigenvalue weighted by molar-refractivity contribution is 0.0994. The molecule has 0 bridgehead atoms. The Morgan fingerprint density at radius 2 is 1.85 bits per heavy atom. The zero-order chi connectivity index (χ0) is 19.0. The number of hydrogen-bond donors (Lipinski definition) is 1. The summed E-state index contributed by atoms with van der Waals surface area (Å²) in [6.45, 7) is 2.49. The maximum absolute atomic E-state index is 12.6. The Morgan fingerprint density at radius 1 is 1.04 bits per heavy atom. The van der Waals surface area contributed by atoms with Gasteiger partial charge in [-0.1, -0.05) is 40.2 Å². The van der Waals surface area contributed by atoms with Crippen molar-refractivity contribution in [3.63, 3.8) is 0 Å². The van der Waals surface area contributed by atoms with Crippen LogP contribution in [0.25, 0.3) is 0 Å². The van der Waals surface area contributed by atoms with Crippen molar-refractivity contribution in [1.82, 2.24) is 0 Å². The molecule has 1 heterocycles. The number of nitrogens with one attached hydrogen (secondary N) is 1. The van der Waals surface area contributed by atoms with Gasteiger partial charge in [0.05, 0.1) is 6.54 Å². The molecule has 1 N–H and O–H groups in total. The molecular formula is C22H17BrN2O2. The Bertz CT molecular complexity index is 1060. The molecule has 2 amide bonds. The summed E-state index contributed by atoms with van der Waals surface area (Å²) in [6.07, 6.45) is 0. The van der Waals surface area contributed by atoms with Crippen molar-refractivity contribution in [2.24, 2.45) is 0 Å². The van der Waals surface area contributed by atoms with Gasteiger partial charge in [-0.05, 0) is 60.5 Å². The molecule has 0 atom stereocenters. The quantitative estimate of drug-likeness (QED) is 0.635. The third-order valence-corrected chi connectivity index (χ3v) is 5.17. The van der Waals surface area contributed by atoms with Gasteiger partial charge < -0.3 is 10.2 Å². The summed E-state index contributed by atoms with van der Waals surface area (Å²) in [4.78, 5) is 26.9. The number of carbonyl (C=O) groups is 2. The molecule has 0 spiro atoms. The fraction of sp³-hybridized carbons (Fsp3) is 0.0909. The van der Waals surface area contributed by atoms with Crippen LogP contribution < -0.4 is 10.2 Å². The van der Waals surface area contributed by atoms with Gasteiger partial charge in [0.25, 0.3) is 11.8 Å². The normalized spacial score (nSPS) is 12.8. The van der Waals surface area contributed by atoms with E-state index in [2.05, 4.69) is 21.2 Å². The van der Waals surface area contributed by atoms with Gasteiger partial charge in [-0.2, -0.15) is 0 Å². The van der Waals surface area contributed by atoms with E-state index in [4.69, 9.17) is 0 Å². The van der Waals surface area contributed by atoms with Gasteiger partial charge >= 0.3 is 0 Å². The lowest BCUT2D eigenvalue weighted by Crippen LogP contribution is -2.23. The molecule has 1 aliphatic rings. The molecule has 0 aliphatic carbocycles. The van der Waals surface area contributed by atoms with Gasteiger partial charge in [-0.3, -0.25) is 9.59 Å². The SMILES string of the molecule is Cc1cc(N2Cc3ccccc3C2=O)ccc1NC(=O)c1cccc(Br)c1. The Hall–Kier alpha value is -2.92. The average Bonchev–Trinajstić information content (AvgIpc) is 3.00. The van der Waals surface area contributed by atoms with Crippen molar-refractivity contribution in [1.29, 1.82) is 0 Å². The van der Waals surface area contributed by atoms with E-state index < -0.39 is 0 Å². The minimum Gasteiger partial charge on any atom is -0.322 e. The number of nitrogens with zero attached hydrogens (tertiary/aromatic N) is 1. The minimum absolute atomic E-state index is 0.0101. The third-order valence-electron chi connectivity index (χ3n) is 4.68. The first-order valence-corrected chi connectivity index (χ1v) is 9.39. The topological polar surface area (TPSA) is 49.4 Å². The van der Waals surface area contributed by atoms with Gasteiger partial charge in [0.1, 0.15) is 0 Å². The number of halogens is 1. The summed E-state index contributed by atoms with van der Waals surface area (Å²) < 4.78 is 0.856. The van der Waals surface area contributed by atoms with E-state index in [9.17, 15) is 9.59 Å². The van der Waals surface area contributed by atoms with E-state index in [1.165, 1.54) is 0 Å². The first kappa shape index (κ1) is 17.5. The van der Waals surface area contributed by atoms with Crippen molar-refractivity contribution in [3.05, 3.63) is 93.5 Å². The number of fused-ring (bicyclic) bond motifs is 1. The zero-order valence-corrected chi connectivity index (χ0v) is 16.3. The summed E-state index contributed by atoms with van der Waals surface area (Å²) in [6, 6.07) is 20.6. The van der Waals surface area contributed by atoms with Crippen LogP contribution in [-0.4, -0.2) is 11.8 Å². The largest absolute Gasteiger partial charge is 0.322 e. The van der Waals surface area contributed by atoms with Crippen LogP contribution in [0, 0.1) is 6.92 Å². The molecule has 0 saturated heterocycles. The van der Waals surface area contributed by atoms with Crippen molar-refractivity contribution in [2.45, 2.75) is 13.5 Å². The lowest BCUT2D eigenvalue weighted by atomic mass is 10.1. The lowest BCUT2D eigenvalue weighted by Gasteiger charge is -2.18. The van der Waals surface area contributed by atoms with E-state index in [-0.39, 0.29) is 11.8 Å². The van der Waals surface area contributed by atoms with Crippen LogP contribution in [0.4, 0.5) is 11.4 Å². The number of carbonyl (C=O) groups excluding carboxylic acids is 2. The summed E-state index contributed by atoms with van der Waals surface area (Å²) in [5, 5.41) is 2.94. The van der Waals surface area contributed by atoms with Crippen LogP contribution in [0.5, 0.6) is 0 Å². The molecule has 0 fully saturated rings. The molecule has 0 saturated carbocycles. The molecule has 1 aliphatic heterocycles. The van der Waals surface area contributed by atoms with Crippen molar-refractivity contribution in [3.8, 4) is 0 Å². The Labute approximate surface area is 165 Å². The molecule has 3 aromatic rings. The maximum atomic E-state index is 12.6. The second kappa shape index (κ2) is 7.00. The summed E-state index contributed by atoms with van der Waals surface area (Å²) in [5.41, 5.74) is 4.83. The average molecular weight is 421 g/mol. The van der Waals surface area contributed by atoms with Crippen LogP contribution >= 0.6 is 15.9 Å². The van der Waals surface area contributed by atoms with E-state index in [0.29, 0.717) is 12.1 Å². The van der Waals surface area contributed by atoms with Crippen LogP contribution in [0.3, 0.4) is 0 Å². The molecule has 5 heteroatoms. The van der Waals surface area contributed by atoms with Crippen molar-refractivity contribution in [2.75, 3.05) is 10.2 Å². The van der Waals surface area contributed by atoms with Gasteiger partial charge in [-0.25, -0.2) is 0 Å². The van der Waals surface area contributed by atoms with Gasteiger partial charge in [0.15, 0.2) is 0 Å². The Balaban J connectivity index is 1.55. The highest BCUT2D eigenvalue weighted by Gasteiger charge is 2.28. The first-order valence-electron chi connectivity index (χ1n) is 8.60. The van der Waals surface area contributed by atoms with Gasteiger partial charge in [0.2, 0.25) is 0 Å². The zero-order valence-electron chi connectivity index (χ0n) is 14.7. The molecule has 27 heavy (non-hydrogen) atoms. The van der Waals surface area contributed by atoms with E-state index in [0.717, 1.165) is 32.5 Å². The fourth-order valence-electron chi connectivity index (χ4n) is 3.24. The molecule has 4 rings (SSSR count). The van der Waals surface area contributed by atoms with Crippen LogP contribution in [0.1, 0.15) is 31.8 Å². The highest BCUT2D eigenvalue weighted by molar-refractivity contribution is 9.10. The number of benzene rings is 3. The smallest absolute Gasteiger partial charge is 0.258 e. The minimum atomic E-state index is -0.170. The number of hydrogen-bond acceptors (Lipinski definition) is 2. The predicted molar refractivity (Wildman–Crippen MR) is 110 cm³/mol. The summed E-state index contributed by atoms with van der Waals surface area (Å²) in [5.74, 6) is -0.160. The van der Waals surface area contributed by atoms with E-state index >= 15 is 0 Å². The molecule has 0 unspecified atom stereocenters. The Kier molecular flexibility index (Phi) is 4.54. The van der Waals surface area contributed by atoms with Crippen molar-refractivity contribution < 1.29 is 9.59 Å². The number of anilines is 2. The van der Waals surface area contributed by atoms with Gasteiger partial charge in [-0.15, -0.1) is 0 Å². The summed E-state index contributed by atoms with van der Waals surface area (Å²) in [7, 11) is 0. The third kappa shape index (κ3) is 3.38. The second-order valence-corrected chi connectivity index (χ2v) is 7.43. The number of amides is 2. The first-order chi connectivity index (χ1) is 13.0. The predicted octanol–water partition coefficient (Wildman–Crippen LogP) is 5.17. The molecule has 0 aromatic heterocycles. The van der Waals surface area contributed by atoms with E-state index in [1.807, 2.05) is 61.5 Å². The van der Waals surface area contributed by atoms with Gasteiger partial charge in [0, 0.05) is 27.0 Å². The fourth-order valence-corrected chi connectivity index (χ4v) is 3.64. The molecule has 134 valence electrons. The van der Waals surface area contributed by atoms with Crippen LogP contribution in [-0.2, 0) is 6.54 Å². The van der Waals surface area contributed by atoms with Crippen LogP contribution in [0.2, 0.25) is 0 Å². The molecule has 0 radical (unpaired) electrons. The maximum Gasteiger partial charge on any atom is 0.258 e. The second-order valence-electron chi connectivity index (χ2n) is 6.51. The standard InChI is InChI=1S/C22H17BrN2O2/c1-14-11-18(25-13-16-5-2-3-8-19(16)22(25)27)9-10-20(14)24-21(26)15-6-4-7-17(23)12-15/h2-12H,13H2,1H3,(H,24,26). The monoisotopic (exact) mass is 420 g/mol. The number of aryl methyl sites for hydroxylation is 1. The van der Waals surface area contributed by atoms with Crippen molar-refractivity contribution >= 4 is 39.1 Å². The molecule has 3 aromatic carbocycles. The van der Waals surface area contributed by atoms with Crippen LogP contribution in [0.15, 0.2) is 71.2 Å². The Morgan fingerprint density at radius 3 is 2.59 bits per heavy atom. The number of rotatable bonds is 3. The molecular weight excluding hydrogens is 404 g/mol. The molecule has 4 nitrogen and oxygen atoms in total. The highest BCUT2D eigenvalue weighted by Crippen LogP contribution is 2.30.